The predicted octanol–water partition coefficient (Wildman–Crippen LogP) is 3.64. The summed E-state index contributed by atoms with van der Waals surface area (Å²) >= 11 is 0. The third kappa shape index (κ3) is 4.19. The number of hydrogen-bond acceptors (Lipinski definition) is 7. The molecule has 2 aliphatic heterocycles. The van der Waals surface area contributed by atoms with Crippen LogP contribution in [0.5, 0.6) is 17.2 Å². The molecule has 0 spiro atoms. The number of aromatic nitrogens is 2. The van der Waals surface area contributed by atoms with Gasteiger partial charge in [-0.05, 0) is 54.8 Å². The third-order valence-electron chi connectivity index (χ3n) is 5.55. The first-order valence-corrected chi connectivity index (χ1v) is 10.5. The minimum absolute atomic E-state index is 0.0129. The van der Waals surface area contributed by atoms with Crippen LogP contribution in [0.4, 0.5) is 0 Å². The van der Waals surface area contributed by atoms with Gasteiger partial charge in [0, 0.05) is 18.5 Å². The van der Waals surface area contributed by atoms with E-state index in [0.29, 0.717) is 24.9 Å². The van der Waals surface area contributed by atoms with Gasteiger partial charge >= 0.3 is 0 Å². The quantitative estimate of drug-likeness (QED) is 0.622. The summed E-state index contributed by atoms with van der Waals surface area (Å²) in [6, 6.07) is 13.2. The summed E-state index contributed by atoms with van der Waals surface area (Å²) in [6.45, 7) is 2.01. The first-order valence-electron chi connectivity index (χ1n) is 10.5. The second-order valence-electron chi connectivity index (χ2n) is 7.56. The van der Waals surface area contributed by atoms with Gasteiger partial charge in [0.05, 0.1) is 19.3 Å². The van der Waals surface area contributed by atoms with Crippen molar-refractivity contribution >= 4 is 5.91 Å². The zero-order valence-corrected chi connectivity index (χ0v) is 17.0. The standard InChI is InChI=1S/C23H23N3O5/c27-22(14-30-18-7-4-16(5-8-18)23-25-24-15-31-23)26-10-1-3-19(26)17-6-9-20-21(13-17)29-12-2-11-28-20/h4-9,13,15,19H,1-3,10-12,14H2/t19-/m1/s1. The van der Waals surface area contributed by atoms with Crippen molar-refractivity contribution in [3.05, 3.63) is 54.4 Å². The zero-order chi connectivity index (χ0) is 21.0. The van der Waals surface area contributed by atoms with Gasteiger partial charge in [0.25, 0.3) is 5.91 Å². The van der Waals surface area contributed by atoms with Gasteiger partial charge in [0.15, 0.2) is 18.1 Å². The smallest absolute Gasteiger partial charge is 0.261 e. The van der Waals surface area contributed by atoms with Crippen molar-refractivity contribution in [3.8, 4) is 28.7 Å². The van der Waals surface area contributed by atoms with E-state index in [9.17, 15) is 4.79 Å². The van der Waals surface area contributed by atoms with Crippen molar-refractivity contribution in [2.45, 2.75) is 25.3 Å². The van der Waals surface area contributed by atoms with E-state index in [4.69, 9.17) is 18.6 Å². The molecule has 2 aromatic carbocycles. The van der Waals surface area contributed by atoms with E-state index in [1.54, 1.807) is 12.1 Å². The Labute approximate surface area is 179 Å². The summed E-state index contributed by atoms with van der Waals surface area (Å²) in [7, 11) is 0. The van der Waals surface area contributed by atoms with Crippen LogP contribution in [0.1, 0.15) is 30.9 Å². The molecule has 0 unspecified atom stereocenters. The van der Waals surface area contributed by atoms with Crippen LogP contribution in [0, 0.1) is 0 Å². The molecule has 0 bridgehead atoms. The molecule has 3 heterocycles. The molecule has 8 nitrogen and oxygen atoms in total. The number of carbonyl (C=O) groups is 1. The number of carbonyl (C=O) groups excluding carboxylic acids is 1. The minimum atomic E-state index is -0.0319. The highest BCUT2D eigenvalue weighted by atomic mass is 16.5. The Morgan fingerprint density at radius 2 is 1.90 bits per heavy atom. The summed E-state index contributed by atoms with van der Waals surface area (Å²) < 4.78 is 22.5. The fourth-order valence-electron chi connectivity index (χ4n) is 4.02. The van der Waals surface area contributed by atoms with Crippen molar-refractivity contribution in [2.75, 3.05) is 26.4 Å². The molecular formula is C23H23N3O5. The van der Waals surface area contributed by atoms with E-state index in [2.05, 4.69) is 10.2 Å². The van der Waals surface area contributed by atoms with Crippen LogP contribution >= 0.6 is 0 Å². The van der Waals surface area contributed by atoms with Gasteiger partial charge in [0.2, 0.25) is 12.3 Å². The molecule has 2 aliphatic rings. The Morgan fingerprint density at radius 1 is 1.06 bits per heavy atom. The molecule has 0 N–H and O–H groups in total. The molecule has 1 atom stereocenters. The number of ether oxygens (including phenoxy) is 3. The molecule has 5 rings (SSSR count). The number of amides is 1. The highest BCUT2D eigenvalue weighted by molar-refractivity contribution is 5.78. The van der Waals surface area contributed by atoms with Crippen molar-refractivity contribution in [3.63, 3.8) is 0 Å². The van der Waals surface area contributed by atoms with Crippen LogP contribution in [0.25, 0.3) is 11.5 Å². The van der Waals surface area contributed by atoms with Crippen molar-refractivity contribution < 1.29 is 23.4 Å². The van der Waals surface area contributed by atoms with Crippen LogP contribution < -0.4 is 14.2 Å². The van der Waals surface area contributed by atoms with Gasteiger partial charge in [-0.25, -0.2) is 0 Å². The normalized spacial score (nSPS) is 17.9. The maximum absolute atomic E-state index is 12.9. The van der Waals surface area contributed by atoms with Crippen LogP contribution in [-0.2, 0) is 4.79 Å². The van der Waals surface area contributed by atoms with Gasteiger partial charge in [0.1, 0.15) is 5.75 Å². The molecule has 31 heavy (non-hydrogen) atoms. The highest BCUT2D eigenvalue weighted by Gasteiger charge is 2.31. The fraction of sp³-hybridized carbons (Fsp3) is 0.348. The van der Waals surface area contributed by atoms with Gasteiger partial charge in [-0.3, -0.25) is 4.79 Å². The number of rotatable bonds is 5. The fourth-order valence-corrected chi connectivity index (χ4v) is 4.02. The monoisotopic (exact) mass is 421 g/mol. The molecule has 1 saturated heterocycles. The molecule has 1 aromatic heterocycles. The molecule has 0 radical (unpaired) electrons. The first kappa shape index (κ1) is 19.4. The van der Waals surface area contributed by atoms with E-state index in [1.165, 1.54) is 6.39 Å². The van der Waals surface area contributed by atoms with E-state index in [0.717, 1.165) is 48.4 Å². The average Bonchev–Trinajstić information content (AvgIpc) is 3.46. The van der Waals surface area contributed by atoms with Gasteiger partial charge in [-0.1, -0.05) is 6.07 Å². The Balaban J connectivity index is 1.23. The average molecular weight is 421 g/mol. The van der Waals surface area contributed by atoms with E-state index in [1.807, 2.05) is 35.2 Å². The molecule has 0 aliphatic carbocycles. The van der Waals surface area contributed by atoms with Crippen LogP contribution in [0.3, 0.4) is 0 Å². The summed E-state index contributed by atoms with van der Waals surface area (Å²) in [5, 5.41) is 7.55. The van der Waals surface area contributed by atoms with Crippen molar-refractivity contribution in [2.24, 2.45) is 0 Å². The Kier molecular flexibility index (Phi) is 5.43. The van der Waals surface area contributed by atoms with Crippen molar-refractivity contribution in [1.29, 1.82) is 0 Å². The molecule has 160 valence electrons. The second-order valence-corrected chi connectivity index (χ2v) is 7.56. The van der Waals surface area contributed by atoms with E-state index in [-0.39, 0.29) is 18.6 Å². The molecule has 8 heteroatoms. The maximum atomic E-state index is 12.9. The highest BCUT2D eigenvalue weighted by Crippen LogP contribution is 2.38. The molecular weight excluding hydrogens is 398 g/mol. The number of benzene rings is 2. The van der Waals surface area contributed by atoms with Crippen molar-refractivity contribution in [1.82, 2.24) is 15.1 Å². The SMILES string of the molecule is O=C(COc1ccc(-c2nnco2)cc1)N1CCC[C@@H]1c1ccc2c(c1)OCCCO2. The van der Waals surface area contributed by atoms with Gasteiger partial charge < -0.3 is 23.5 Å². The molecule has 3 aromatic rings. The van der Waals surface area contributed by atoms with Crippen LogP contribution in [-0.4, -0.2) is 47.4 Å². The number of likely N-dealkylation sites (tertiary alicyclic amines) is 1. The van der Waals surface area contributed by atoms with E-state index < -0.39 is 0 Å². The van der Waals surface area contributed by atoms with Gasteiger partial charge in [-0.15, -0.1) is 10.2 Å². The second kappa shape index (κ2) is 8.67. The third-order valence-corrected chi connectivity index (χ3v) is 5.55. The minimum Gasteiger partial charge on any atom is -0.490 e. The molecule has 0 saturated carbocycles. The Hall–Kier alpha value is -3.55. The lowest BCUT2D eigenvalue weighted by Crippen LogP contribution is -2.34. The lowest BCUT2D eigenvalue weighted by Gasteiger charge is -2.25. The first-order chi connectivity index (χ1) is 15.3. The zero-order valence-electron chi connectivity index (χ0n) is 17.0. The lowest BCUT2D eigenvalue weighted by molar-refractivity contribution is -0.134. The van der Waals surface area contributed by atoms with Crippen LogP contribution in [0.15, 0.2) is 53.3 Å². The largest absolute Gasteiger partial charge is 0.490 e. The Bertz CT molecular complexity index is 1040. The molecule has 1 fully saturated rings. The lowest BCUT2D eigenvalue weighted by atomic mass is 10.0. The summed E-state index contributed by atoms with van der Waals surface area (Å²) in [4.78, 5) is 14.8. The predicted molar refractivity (Wildman–Crippen MR) is 111 cm³/mol. The molecule has 1 amide bonds. The van der Waals surface area contributed by atoms with Crippen LogP contribution in [0.2, 0.25) is 0 Å². The summed E-state index contributed by atoms with van der Waals surface area (Å²) in [5.74, 6) is 2.55. The number of fused-ring (bicyclic) bond motifs is 1. The topological polar surface area (TPSA) is 86.9 Å². The summed E-state index contributed by atoms with van der Waals surface area (Å²) in [5.41, 5.74) is 1.87. The van der Waals surface area contributed by atoms with E-state index >= 15 is 0 Å². The summed E-state index contributed by atoms with van der Waals surface area (Å²) in [6.07, 6.45) is 4.04. The number of nitrogens with zero attached hydrogens (tertiary/aromatic N) is 3. The maximum Gasteiger partial charge on any atom is 0.261 e. The number of hydrogen-bond donors (Lipinski definition) is 0. The van der Waals surface area contributed by atoms with Gasteiger partial charge in [-0.2, -0.15) is 0 Å². The Morgan fingerprint density at radius 3 is 2.71 bits per heavy atom.